The highest BCUT2D eigenvalue weighted by Gasteiger charge is 2.33. The summed E-state index contributed by atoms with van der Waals surface area (Å²) in [5, 5.41) is 0. The molecular weight excluding hydrogens is 311 g/mol. The van der Waals surface area contributed by atoms with Crippen LogP contribution in [-0.2, 0) is 0 Å². The molecule has 0 saturated carbocycles. The molecule has 0 aromatic heterocycles. The Morgan fingerprint density at radius 1 is 1.32 bits per heavy atom. The van der Waals surface area contributed by atoms with Gasteiger partial charge in [-0.25, -0.2) is 4.39 Å². The third-order valence-corrected chi connectivity index (χ3v) is 4.53. The highest BCUT2D eigenvalue weighted by molar-refractivity contribution is 9.10. The van der Waals surface area contributed by atoms with E-state index in [0.29, 0.717) is 17.1 Å². The SMILES string of the molecule is O=C(c1ccc(Br)cc1F)N1CCN2CCCC2C1. The van der Waals surface area contributed by atoms with E-state index in [1.807, 2.05) is 0 Å². The average Bonchev–Trinajstić information content (AvgIpc) is 2.85. The Labute approximate surface area is 120 Å². The fourth-order valence-corrected chi connectivity index (χ4v) is 3.34. The van der Waals surface area contributed by atoms with Crippen molar-refractivity contribution in [2.24, 2.45) is 0 Å². The van der Waals surface area contributed by atoms with Crippen LogP contribution in [0.4, 0.5) is 4.39 Å². The molecule has 2 aliphatic rings. The zero-order chi connectivity index (χ0) is 13.4. The number of amides is 1. The van der Waals surface area contributed by atoms with E-state index in [1.54, 1.807) is 17.0 Å². The van der Waals surface area contributed by atoms with Crippen LogP contribution in [0.1, 0.15) is 23.2 Å². The molecule has 0 radical (unpaired) electrons. The van der Waals surface area contributed by atoms with Crippen LogP contribution in [0.3, 0.4) is 0 Å². The molecule has 1 atom stereocenters. The minimum Gasteiger partial charge on any atom is -0.336 e. The Bertz CT molecular complexity index is 508. The van der Waals surface area contributed by atoms with Crippen LogP contribution in [0.5, 0.6) is 0 Å². The number of hydrogen-bond acceptors (Lipinski definition) is 2. The van der Waals surface area contributed by atoms with Gasteiger partial charge in [-0.1, -0.05) is 15.9 Å². The summed E-state index contributed by atoms with van der Waals surface area (Å²) in [6.45, 7) is 3.48. The Balaban J connectivity index is 1.76. The van der Waals surface area contributed by atoms with Crippen molar-refractivity contribution in [1.82, 2.24) is 9.80 Å². The lowest BCUT2D eigenvalue weighted by Crippen LogP contribution is -2.52. The van der Waals surface area contributed by atoms with E-state index in [4.69, 9.17) is 0 Å². The maximum Gasteiger partial charge on any atom is 0.256 e. The van der Waals surface area contributed by atoms with Crippen LogP contribution in [-0.4, -0.2) is 47.9 Å². The lowest BCUT2D eigenvalue weighted by molar-refractivity contribution is 0.0567. The number of nitrogens with zero attached hydrogens (tertiary/aromatic N) is 2. The summed E-state index contributed by atoms with van der Waals surface area (Å²) in [5.74, 6) is -0.634. The van der Waals surface area contributed by atoms with Crippen molar-refractivity contribution in [3.63, 3.8) is 0 Å². The number of fused-ring (bicyclic) bond motifs is 1. The Hall–Kier alpha value is -0.940. The van der Waals surface area contributed by atoms with Crippen LogP contribution in [0.25, 0.3) is 0 Å². The quantitative estimate of drug-likeness (QED) is 0.791. The molecule has 0 aliphatic carbocycles. The predicted octanol–water partition coefficient (Wildman–Crippen LogP) is 2.51. The molecule has 3 nitrogen and oxygen atoms in total. The normalized spacial score (nSPS) is 23.5. The second kappa shape index (κ2) is 5.21. The van der Waals surface area contributed by atoms with Crippen molar-refractivity contribution in [3.05, 3.63) is 34.1 Å². The first-order chi connectivity index (χ1) is 9.15. The second-order valence-electron chi connectivity index (χ2n) is 5.21. The summed E-state index contributed by atoms with van der Waals surface area (Å²) in [7, 11) is 0. The molecule has 3 rings (SSSR count). The van der Waals surface area contributed by atoms with Gasteiger partial charge in [0.05, 0.1) is 5.56 Å². The van der Waals surface area contributed by atoms with Gasteiger partial charge in [-0.15, -0.1) is 0 Å². The molecule has 19 heavy (non-hydrogen) atoms. The zero-order valence-corrected chi connectivity index (χ0v) is 12.2. The van der Waals surface area contributed by atoms with E-state index in [1.165, 1.54) is 12.5 Å². The number of piperazine rings is 1. The standard InChI is InChI=1S/C14H16BrFN2O/c15-10-3-4-12(13(16)8-10)14(19)18-7-6-17-5-1-2-11(17)9-18/h3-4,8,11H,1-2,5-7,9H2. The van der Waals surface area contributed by atoms with Crippen LogP contribution >= 0.6 is 15.9 Å². The van der Waals surface area contributed by atoms with Gasteiger partial charge in [0.1, 0.15) is 5.82 Å². The van der Waals surface area contributed by atoms with Crippen molar-refractivity contribution in [2.75, 3.05) is 26.2 Å². The van der Waals surface area contributed by atoms with Gasteiger partial charge < -0.3 is 4.90 Å². The highest BCUT2D eigenvalue weighted by Crippen LogP contribution is 2.23. The number of carbonyl (C=O) groups is 1. The molecule has 5 heteroatoms. The maximum atomic E-state index is 13.8. The first-order valence-electron chi connectivity index (χ1n) is 6.63. The van der Waals surface area contributed by atoms with Gasteiger partial charge in [0.2, 0.25) is 0 Å². The summed E-state index contributed by atoms with van der Waals surface area (Å²) in [6.07, 6.45) is 2.35. The van der Waals surface area contributed by atoms with Gasteiger partial charge in [-0.3, -0.25) is 9.69 Å². The zero-order valence-electron chi connectivity index (χ0n) is 10.6. The average molecular weight is 327 g/mol. The fraction of sp³-hybridized carbons (Fsp3) is 0.500. The van der Waals surface area contributed by atoms with E-state index in [-0.39, 0.29) is 11.5 Å². The van der Waals surface area contributed by atoms with E-state index in [0.717, 1.165) is 26.1 Å². The second-order valence-corrected chi connectivity index (χ2v) is 6.12. The smallest absolute Gasteiger partial charge is 0.256 e. The summed E-state index contributed by atoms with van der Waals surface area (Å²) in [5.41, 5.74) is 0.176. The van der Waals surface area contributed by atoms with Crippen LogP contribution < -0.4 is 0 Å². The lowest BCUT2D eigenvalue weighted by Gasteiger charge is -2.37. The van der Waals surface area contributed by atoms with Gasteiger partial charge in [0.15, 0.2) is 0 Å². The van der Waals surface area contributed by atoms with Crippen molar-refractivity contribution < 1.29 is 9.18 Å². The fourth-order valence-electron chi connectivity index (χ4n) is 3.01. The first-order valence-corrected chi connectivity index (χ1v) is 7.43. The molecule has 2 saturated heterocycles. The monoisotopic (exact) mass is 326 g/mol. The third kappa shape index (κ3) is 2.54. The van der Waals surface area contributed by atoms with E-state index >= 15 is 0 Å². The number of benzene rings is 1. The number of halogens is 2. The summed E-state index contributed by atoms with van der Waals surface area (Å²) in [4.78, 5) is 16.6. The molecule has 1 aromatic carbocycles. The lowest BCUT2D eigenvalue weighted by atomic mass is 10.1. The van der Waals surface area contributed by atoms with Crippen LogP contribution in [0.2, 0.25) is 0 Å². The molecule has 0 N–H and O–H groups in total. The van der Waals surface area contributed by atoms with E-state index < -0.39 is 5.82 Å². The van der Waals surface area contributed by atoms with Crippen LogP contribution in [0, 0.1) is 5.82 Å². The summed E-state index contributed by atoms with van der Waals surface area (Å²) < 4.78 is 14.5. The Kier molecular flexibility index (Phi) is 3.58. The molecule has 2 fully saturated rings. The minimum atomic E-state index is -0.451. The highest BCUT2D eigenvalue weighted by atomic mass is 79.9. The first kappa shape index (κ1) is 13.1. The summed E-state index contributed by atoms with van der Waals surface area (Å²) >= 11 is 3.21. The summed E-state index contributed by atoms with van der Waals surface area (Å²) in [6, 6.07) is 5.08. The molecule has 1 amide bonds. The van der Waals surface area contributed by atoms with E-state index in [2.05, 4.69) is 20.8 Å². The van der Waals surface area contributed by atoms with Gasteiger partial charge in [0, 0.05) is 30.1 Å². The molecule has 0 bridgehead atoms. The third-order valence-electron chi connectivity index (χ3n) is 4.04. The largest absolute Gasteiger partial charge is 0.336 e. The van der Waals surface area contributed by atoms with Gasteiger partial charge in [-0.05, 0) is 37.6 Å². The van der Waals surface area contributed by atoms with Crippen molar-refractivity contribution in [1.29, 1.82) is 0 Å². The van der Waals surface area contributed by atoms with Gasteiger partial charge in [-0.2, -0.15) is 0 Å². The molecule has 0 spiro atoms. The topological polar surface area (TPSA) is 23.6 Å². The molecule has 1 aromatic rings. The van der Waals surface area contributed by atoms with Crippen molar-refractivity contribution in [2.45, 2.75) is 18.9 Å². The van der Waals surface area contributed by atoms with Crippen molar-refractivity contribution >= 4 is 21.8 Å². The van der Waals surface area contributed by atoms with E-state index in [9.17, 15) is 9.18 Å². The molecule has 2 aliphatic heterocycles. The molecule has 102 valence electrons. The number of hydrogen-bond donors (Lipinski definition) is 0. The molecule has 2 heterocycles. The van der Waals surface area contributed by atoms with Gasteiger partial charge in [0.25, 0.3) is 5.91 Å². The Morgan fingerprint density at radius 2 is 2.16 bits per heavy atom. The Morgan fingerprint density at radius 3 is 2.95 bits per heavy atom. The van der Waals surface area contributed by atoms with Crippen LogP contribution in [0.15, 0.2) is 22.7 Å². The maximum absolute atomic E-state index is 13.8. The van der Waals surface area contributed by atoms with Gasteiger partial charge >= 0.3 is 0 Å². The molecular formula is C14H16BrFN2O. The predicted molar refractivity (Wildman–Crippen MR) is 74.6 cm³/mol. The minimum absolute atomic E-state index is 0.176. The number of rotatable bonds is 1. The molecule has 1 unspecified atom stereocenters. The van der Waals surface area contributed by atoms with Crippen molar-refractivity contribution in [3.8, 4) is 0 Å². The number of carbonyl (C=O) groups excluding carboxylic acids is 1.